The van der Waals surface area contributed by atoms with Crippen LogP contribution in [0, 0.1) is 17.8 Å². The van der Waals surface area contributed by atoms with Crippen molar-refractivity contribution in [1.82, 2.24) is 0 Å². The highest BCUT2D eigenvalue weighted by Gasteiger charge is 2.47. The first-order valence-corrected chi connectivity index (χ1v) is 5.41. The molecular weight excluding hydrogens is 196 g/mol. The van der Waals surface area contributed by atoms with E-state index < -0.39 is 12.4 Å². The molecule has 1 fully saturated rings. The average molecular weight is 214 g/mol. The summed E-state index contributed by atoms with van der Waals surface area (Å²) >= 11 is 0. The zero-order valence-corrected chi connectivity index (χ0v) is 8.84. The Morgan fingerprint density at radius 3 is 2.60 bits per heavy atom. The van der Waals surface area contributed by atoms with Crippen molar-refractivity contribution in [2.75, 3.05) is 7.11 Å². The second kappa shape index (κ2) is 4.12. The SMILES string of the molecule is COC1=CCC(C2CC2C(O)O)CC1O. The van der Waals surface area contributed by atoms with Crippen LogP contribution >= 0.6 is 0 Å². The molecule has 4 heteroatoms. The molecule has 0 aromatic rings. The van der Waals surface area contributed by atoms with Crippen molar-refractivity contribution in [1.29, 1.82) is 0 Å². The third-order valence-electron chi connectivity index (χ3n) is 3.59. The number of aliphatic hydroxyl groups is 3. The Labute approximate surface area is 89.2 Å². The standard InChI is InChI=1S/C11H18O4/c1-15-10-3-2-6(4-9(10)12)7-5-8(7)11(13)14/h3,6-9,11-14H,2,4-5H2,1H3. The van der Waals surface area contributed by atoms with Crippen LogP contribution in [0.25, 0.3) is 0 Å². The van der Waals surface area contributed by atoms with Gasteiger partial charge in [-0.2, -0.15) is 0 Å². The zero-order valence-electron chi connectivity index (χ0n) is 8.84. The van der Waals surface area contributed by atoms with Gasteiger partial charge in [-0.25, -0.2) is 0 Å². The molecular formula is C11H18O4. The normalized spacial score (nSPS) is 40.2. The molecule has 2 rings (SSSR count). The van der Waals surface area contributed by atoms with E-state index in [1.165, 1.54) is 0 Å². The van der Waals surface area contributed by atoms with Gasteiger partial charge in [0.25, 0.3) is 0 Å². The highest BCUT2D eigenvalue weighted by atomic mass is 16.5. The van der Waals surface area contributed by atoms with E-state index in [0.717, 1.165) is 12.8 Å². The lowest BCUT2D eigenvalue weighted by atomic mass is 9.86. The lowest BCUT2D eigenvalue weighted by Crippen LogP contribution is -2.24. The minimum absolute atomic E-state index is 0.0136. The van der Waals surface area contributed by atoms with Gasteiger partial charge in [0.1, 0.15) is 11.9 Å². The summed E-state index contributed by atoms with van der Waals surface area (Å²) in [6.07, 6.45) is 2.61. The summed E-state index contributed by atoms with van der Waals surface area (Å²) in [5.74, 6) is 1.38. The summed E-state index contributed by atoms with van der Waals surface area (Å²) in [6.45, 7) is 0. The van der Waals surface area contributed by atoms with Crippen LogP contribution < -0.4 is 0 Å². The summed E-state index contributed by atoms with van der Waals surface area (Å²) < 4.78 is 5.04. The Balaban J connectivity index is 1.91. The van der Waals surface area contributed by atoms with E-state index in [9.17, 15) is 5.11 Å². The number of aliphatic hydroxyl groups excluding tert-OH is 2. The van der Waals surface area contributed by atoms with E-state index in [4.69, 9.17) is 14.9 Å². The van der Waals surface area contributed by atoms with Gasteiger partial charge in [-0.1, -0.05) is 0 Å². The van der Waals surface area contributed by atoms with Crippen LogP contribution in [-0.2, 0) is 4.74 Å². The number of hydrogen-bond donors (Lipinski definition) is 3. The number of ether oxygens (including phenoxy) is 1. The molecule has 0 radical (unpaired) electrons. The molecule has 0 saturated heterocycles. The maximum atomic E-state index is 9.72. The van der Waals surface area contributed by atoms with E-state index >= 15 is 0 Å². The third-order valence-corrected chi connectivity index (χ3v) is 3.59. The second-order valence-electron chi connectivity index (χ2n) is 4.53. The monoisotopic (exact) mass is 214 g/mol. The number of hydrogen-bond acceptors (Lipinski definition) is 4. The number of rotatable bonds is 3. The van der Waals surface area contributed by atoms with Crippen molar-refractivity contribution in [2.45, 2.75) is 31.7 Å². The highest BCUT2D eigenvalue weighted by Crippen LogP contribution is 2.50. The van der Waals surface area contributed by atoms with E-state index in [1.54, 1.807) is 7.11 Å². The van der Waals surface area contributed by atoms with Crippen molar-refractivity contribution in [3.63, 3.8) is 0 Å². The van der Waals surface area contributed by atoms with Crippen molar-refractivity contribution >= 4 is 0 Å². The molecule has 4 nitrogen and oxygen atoms in total. The molecule has 1 saturated carbocycles. The summed E-state index contributed by atoms with van der Waals surface area (Å²) in [7, 11) is 1.56. The van der Waals surface area contributed by atoms with Gasteiger partial charge in [0, 0.05) is 5.92 Å². The molecule has 0 spiro atoms. The zero-order chi connectivity index (χ0) is 11.0. The minimum atomic E-state index is -1.19. The van der Waals surface area contributed by atoms with Gasteiger partial charge >= 0.3 is 0 Å². The third kappa shape index (κ3) is 2.17. The van der Waals surface area contributed by atoms with Gasteiger partial charge < -0.3 is 20.1 Å². The topological polar surface area (TPSA) is 69.9 Å². The highest BCUT2D eigenvalue weighted by molar-refractivity contribution is 5.08. The van der Waals surface area contributed by atoms with Crippen molar-refractivity contribution in [3.8, 4) is 0 Å². The summed E-state index contributed by atoms with van der Waals surface area (Å²) in [6, 6.07) is 0. The van der Waals surface area contributed by atoms with Crippen molar-refractivity contribution in [2.24, 2.45) is 17.8 Å². The molecule has 4 unspecified atom stereocenters. The van der Waals surface area contributed by atoms with Crippen LogP contribution in [0.2, 0.25) is 0 Å². The molecule has 86 valence electrons. The second-order valence-corrected chi connectivity index (χ2v) is 4.53. The molecule has 2 aliphatic rings. The summed E-state index contributed by atoms with van der Waals surface area (Å²) in [5, 5.41) is 27.7. The smallest absolute Gasteiger partial charge is 0.154 e. The maximum Gasteiger partial charge on any atom is 0.154 e. The first-order chi connectivity index (χ1) is 7.13. The lowest BCUT2D eigenvalue weighted by Gasteiger charge is -2.26. The van der Waals surface area contributed by atoms with Gasteiger partial charge in [-0.15, -0.1) is 0 Å². The predicted octanol–water partition coefficient (Wildman–Crippen LogP) is 0.234. The fraction of sp³-hybridized carbons (Fsp3) is 0.818. The Morgan fingerprint density at radius 1 is 1.40 bits per heavy atom. The lowest BCUT2D eigenvalue weighted by molar-refractivity contribution is -0.0630. The maximum absolute atomic E-state index is 9.72. The van der Waals surface area contributed by atoms with Gasteiger partial charge in [0.05, 0.1) is 7.11 Å². The Hall–Kier alpha value is -0.580. The first-order valence-electron chi connectivity index (χ1n) is 5.41. The molecule has 0 heterocycles. The number of allylic oxidation sites excluding steroid dienone is 1. The van der Waals surface area contributed by atoms with Gasteiger partial charge in [-0.3, -0.25) is 0 Å². The van der Waals surface area contributed by atoms with Gasteiger partial charge in [0.15, 0.2) is 6.29 Å². The molecule has 15 heavy (non-hydrogen) atoms. The fourth-order valence-electron chi connectivity index (χ4n) is 2.59. The quantitative estimate of drug-likeness (QED) is 0.588. The van der Waals surface area contributed by atoms with Crippen LogP contribution in [0.4, 0.5) is 0 Å². The largest absolute Gasteiger partial charge is 0.499 e. The molecule has 3 N–H and O–H groups in total. The van der Waals surface area contributed by atoms with E-state index in [0.29, 0.717) is 24.0 Å². The molecule has 0 aromatic carbocycles. The van der Waals surface area contributed by atoms with Gasteiger partial charge in [0.2, 0.25) is 0 Å². The average Bonchev–Trinajstić information content (AvgIpc) is 2.97. The van der Waals surface area contributed by atoms with Crippen LogP contribution in [-0.4, -0.2) is 34.8 Å². The Bertz CT molecular complexity index is 261. The molecule has 2 aliphatic carbocycles. The molecule has 0 bridgehead atoms. The van der Waals surface area contributed by atoms with Crippen LogP contribution in [0.3, 0.4) is 0 Å². The number of methoxy groups -OCH3 is 1. The van der Waals surface area contributed by atoms with Crippen LogP contribution in [0.5, 0.6) is 0 Å². The molecule has 0 amide bonds. The van der Waals surface area contributed by atoms with Crippen LogP contribution in [0.1, 0.15) is 19.3 Å². The fourth-order valence-corrected chi connectivity index (χ4v) is 2.59. The first kappa shape index (κ1) is 10.9. The van der Waals surface area contributed by atoms with E-state index in [-0.39, 0.29) is 5.92 Å². The Morgan fingerprint density at radius 2 is 2.13 bits per heavy atom. The van der Waals surface area contributed by atoms with Crippen molar-refractivity contribution < 1.29 is 20.1 Å². The van der Waals surface area contributed by atoms with E-state index in [2.05, 4.69) is 0 Å². The molecule has 0 aliphatic heterocycles. The Kier molecular flexibility index (Phi) is 3.00. The summed E-state index contributed by atoms with van der Waals surface area (Å²) in [4.78, 5) is 0. The minimum Gasteiger partial charge on any atom is -0.499 e. The van der Waals surface area contributed by atoms with Crippen LogP contribution in [0.15, 0.2) is 11.8 Å². The van der Waals surface area contributed by atoms with Crippen molar-refractivity contribution in [3.05, 3.63) is 11.8 Å². The van der Waals surface area contributed by atoms with E-state index in [1.807, 2.05) is 6.08 Å². The molecule has 0 aromatic heterocycles. The summed E-state index contributed by atoms with van der Waals surface area (Å²) in [5.41, 5.74) is 0. The molecule has 4 atom stereocenters. The predicted molar refractivity (Wildman–Crippen MR) is 53.6 cm³/mol. The van der Waals surface area contributed by atoms with Gasteiger partial charge in [-0.05, 0) is 37.2 Å².